The first-order chi connectivity index (χ1) is 9.49. The number of hydrogen-bond donors (Lipinski definition) is 0. The third-order valence-corrected chi connectivity index (χ3v) is 4.88. The van der Waals surface area contributed by atoms with Gasteiger partial charge in [0.25, 0.3) is 0 Å². The molecule has 5 heteroatoms. The summed E-state index contributed by atoms with van der Waals surface area (Å²) < 4.78 is 12.3. The van der Waals surface area contributed by atoms with Crippen LogP contribution in [0.3, 0.4) is 0 Å². The summed E-state index contributed by atoms with van der Waals surface area (Å²) in [6.45, 7) is 1.85. The molecular weight excluding hydrogens is 315 g/mol. The molecular formula is C15H12Cl2O2S. The lowest BCUT2D eigenvalue weighted by Crippen LogP contribution is -2.12. The van der Waals surface area contributed by atoms with Gasteiger partial charge in [-0.25, -0.2) is 0 Å². The first-order valence-corrected chi connectivity index (χ1v) is 7.99. The van der Waals surface area contributed by atoms with Gasteiger partial charge < -0.3 is 0 Å². The van der Waals surface area contributed by atoms with Crippen molar-refractivity contribution in [2.75, 3.05) is 5.75 Å². The number of hydrogen-bond acceptors (Lipinski definition) is 2. The molecule has 0 aromatic heterocycles. The molecule has 2 aromatic rings. The van der Waals surface area contributed by atoms with E-state index in [1.165, 1.54) is 6.07 Å². The van der Waals surface area contributed by atoms with E-state index in [0.29, 0.717) is 20.5 Å². The molecule has 0 aliphatic carbocycles. The van der Waals surface area contributed by atoms with Crippen molar-refractivity contribution in [3.8, 4) is 0 Å². The highest BCUT2D eigenvalue weighted by atomic mass is 35.5. The predicted molar refractivity (Wildman–Crippen MR) is 83.2 cm³/mol. The van der Waals surface area contributed by atoms with Crippen molar-refractivity contribution in [3.05, 3.63) is 63.6 Å². The van der Waals surface area contributed by atoms with Crippen LogP contribution in [0, 0.1) is 6.92 Å². The van der Waals surface area contributed by atoms with Gasteiger partial charge in [0.15, 0.2) is 5.78 Å². The molecule has 0 heterocycles. The smallest absolute Gasteiger partial charge is 0.175 e. The Morgan fingerprint density at radius 2 is 1.85 bits per heavy atom. The van der Waals surface area contributed by atoms with Gasteiger partial charge in [-0.05, 0) is 30.7 Å². The molecule has 1 atom stereocenters. The van der Waals surface area contributed by atoms with Crippen LogP contribution >= 0.6 is 23.2 Å². The maximum atomic E-state index is 12.3. The molecule has 104 valence electrons. The van der Waals surface area contributed by atoms with Crippen LogP contribution in [-0.4, -0.2) is 15.7 Å². The second kappa shape index (κ2) is 6.53. The van der Waals surface area contributed by atoms with E-state index in [1.54, 1.807) is 24.3 Å². The highest BCUT2D eigenvalue weighted by molar-refractivity contribution is 7.86. The summed E-state index contributed by atoms with van der Waals surface area (Å²) in [4.78, 5) is 12.6. The summed E-state index contributed by atoms with van der Waals surface area (Å²) >= 11 is 11.9. The lowest BCUT2D eigenvalue weighted by molar-refractivity contribution is 0.102. The molecule has 0 radical (unpaired) electrons. The first kappa shape index (κ1) is 15.2. The van der Waals surface area contributed by atoms with Gasteiger partial charge in [-0.15, -0.1) is 0 Å². The Hall–Kier alpha value is -1.16. The van der Waals surface area contributed by atoms with Crippen LogP contribution in [0.15, 0.2) is 47.4 Å². The van der Waals surface area contributed by atoms with Gasteiger partial charge >= 0.3 is 0 Å². The monoisotopic (exact) mass is 326 g/mol. The quantitative estimate of drug-likeness (QED) is 0.785. The van der Waals surface area contributed by atoms with E-state index >= 15 is 0 Å². The summed E-state index contributed by atoms with van der Waals surface area (Å²) in [5, 5.41) is 0.798. The van der Waals surface area contributed by atoms with Crippen molar-refractivity contribution in [1.29, 1.82) is 0 Å². The Morgan fingerprint density at radius 3 is 2.55 bits per heavy atom. The van der Waals surface area contributed by atoms with Crippen molar-refractivity contribution in [3.63, 3.8) is 0 Å². The minimum absolute atomic E-state index is 0.106. The number of benzene rings is 2. The largest absolute Gasteiger partial charge is 0.293 e. The molecule has 0 amide bonds. The summed E-state index contributed by atoms with van der Waals surface area (Å²) in [7, 11) is -1.51. The van der Waals surface area contributed by atoms with Gasteiger partial charge in [-0.2, -0.15) is 0 Å². The molecule has 2 aromatic carbocycles. The molecule has 2 nitrogen and oxygen atoms in total. The highest BCUT2D eigenvalue weighted by Gasteiger charge is 2.16. The number of rotatable bonds is 4. The average molecular weight is 327 g/mol. The second-order valence-corrected chi connectivity index (χ2v) is 6.57. The lowest BCUT2D eigenvalue weighted by atomic mass is 10.1. The van der Waals surface area contributed by atoms with E-state index in [2.05, 4.69) is 0 Å². The van der Waals surface area contributed by atoms with Crippen molar-refractivity contribution in [2.45, 2.75) is 11.8 Å². The van der Waals surface area contributed by atoms with Crippen molar-refractivity contribution >= 4 is 39.8 Å². The SMILES string of the molecule is Cc1ccccc1C(=O)CS(=O)c1cc(Cl)ccc1Cl. The molecule has 0 aliphatic rings. The molecule has 0 fully saturated rings. The minimum Gasteiger partial charge on any atom is -0.293 e. The number of aryl methyl sites for hydroxylation is 1. The molecule has 20 heavy (non-hydrogen) atoms. The van der Waals surface area contributed by atoms with Crippen molar-refractivity contribution in [1.82, 2.24) is 0 Å². The average Bonchev–Trinajstić information content (AvgIpc) is 2.41. The van der Waals surface area contributed by atoms with Crippen LogP contribution in [0.2, 0.25) is 10.0 Å². The molecule has 0 aliphatic heterocycles. The molecule has 0 spiro atoms. The summed E-state index contributed by atoms with van der Waals surface area (Å²) in [5.74, 6) is -0.275. The third kappa shape index (κ3) is 3.48. The van der Waals surface area contributed by atoms with Crippen molar-refractivity contribution in [2.24, 2.45) is 0 Å². The van der Waals surface area contributed by atoms with E-state index in [0.717, 1.165) is 5.56 Å². The fourth-order valence-electron chi connectivity index (χ4n) is 1.81. The van der Waals surface area contributed by atoms with Gasteiger partial charge in [-0.1, -0.05) is 47.5 Å². The topological polar surface area (TPSA) is 34.1 Å². The zero-order valence-corrected chi connectivity index (χ0v) is 13.1. The van der Waals surface area contributed by atoms with Gasteiger partial charge in [0.05, 0.1) is 26.5 Å². The first-order valence-electron chi connectivity index (χ1n) is 5.91. The standard InChI is InChI=1S/C15H12Cl2O2S/c1-10-4-2-3-5-12(10)14(18)9-20(19)15-8-11(16)6-7-13(15)17/h2-8H,9H2,1H3. The molecule has 0 N–H and O–H groups in total. The fourth-order valence-corrected chi connectivity index (χ4v) is 3.52. The third-order valence-electron chi connectivity index (χ3n) is 2.85. The Bertz CT molecular complexity index is 683. The Labute approximate surface area is 130 Å². The minimum atomic E-state index is -1.51. The van der Waals surface area contributed by atoms with Gasteiger partial charge in [0.2, 0.25) is 0 Å². The van der Waals surface area contributed by atoms with Crippen LogP contribution in [0.1, 0.15) is 15.9 Å². The molecule has 0 saturated heterocycles. The maximum absolute atomic E-state index is 12.3. The Morgan fingerprint density at radius 1 is 1.15 bits per heavy atom. The second-order valence-electron chi connectivity index (χ2n) is 4.30. The summed E-state index contributed by atoms with van der Waals surface area (Å²) in [6, 6.07) is 12.0. The zero-order chi connectivity index (χ0) is 14.7. The van der Waals surface area contributed by atoms with Gasteiger partial charge in [-0.3, -0.25) is 9.00 Å². The summed E-state index contributed by atoms with van der Waals surface area (Å²) in [5.41, 5.74) is 1.45. The maximum Gasteiger partial charge on any atom is 0.175 e. The van der Waals surface area contributed by atoms with Crippen molar-refractivity contribution < 1.29 is 9.00 Å². The number of ketones is 1. The highest BCUT2D eigenvalue weighted by Crippen LogP contribution is 2.24. The number of carbonyl (C=O) groups excluding carboxylic acids is 1. The van der Waals surface area contributed by atoms with Crippen LogP contribution < -0.4 is 0 Å². The van der Waals surface area contributed by atoms with E-state index in [1.807, 2.05) is 19.1 Å². The van der Waals surface area contributed by atoms with E-state index in [9.17, 15) is 9.00 Å². The van der Waals surface area contributed by atoms with Crippen LogP contribution in [0.5, 0.6) is 0 Å². The number of halogens is 2. The number of carbonyl (C=O) groups is 1. The fraction of sp³-hybridized carbons (Fsp3) is 0.133. The summed E-state index contributed by atoms with van der Waals surface area (Å²) in [6.07, 6.45) is 0. The van der Waals surface area contributed by atoms with E-state index in [-0.39, 0.29) is 11.5 Å². The van der Waals surface area contributed by atoms with E-state index < -0.39 is 10.8 Å². The number of Topliss-reactive ketones (excluding diaryl/α,β-unsaturated/α-hetero) is 1. The molecule has 0 saturated carbocycles. The van der Waals surface area contributed by atoms with Crippen LogP contribution in [-0.2, 0) is 10.8 Å². The Balaban J connectivity index is 2.22. The van der Waals surface area contributed by atoms with Gasteiger partial charge in [0.1, 0.15) is 0 Å². The lowest BCUT2D eigenvalue weighted by Gasteiger charge is -2.06. The normalized spacial score (nSPS) is 12.2. The van der Waals surface area contributed by atoms with E-state index in [4.69, 9.17) is 23.2 Å². The molecule has 2 rings (SSSR count). The molecule has 0 bridgehead atoms. The predicted octanol–water partition coefficient (Wildman–Crippen LogP) is 4.29. The van der Waals surface area contributed by atoms with Crippen LogP contribution in [0.4, 0.5) is 0 Å². The molecule has 1 unspecified atom stereocenters. The van der Waals surface area contributed by atoms with Gasteiger partial charge in [0, 0.05) is 10.6 Å². The Kier molecular flexibility index (Phi) is 4.97. The zero-order valence-electron chi connectivity index (χ0n) is 10.7. The van der Waals surface area contributed by atoms with Crippen LogP contribution in [0.25, 0.3) is 0 Å².